The van der Waals surface area contributed by atoms with E-state index in [0.717, 1.165) is 17.3 Å². The van der Waals surface area contributed by atoms with Crippen molar-refractivity contribution in [1.29, 1.82) is 0 Å². The Morgan fingerprint density at radius 2 is 2.32 bits per heavy atom. The molecule has 0 radical (unpaired) electrons. The second-order valence-electron chi connectivity index (χ2n) is 4.95. The van der Waals surface area contributed by atoms with Crippen LogP contribution in [0.5, 0.6) is 0 Å². The number of piperidine rings is 1. The molecule has 5 nitrogen and oxygen atoms in total. The normalized spacial score (nSPS) is 25.9. The van der Waals surface area contributed by atoms with Crippen molar-refractivity contribution < 1.29 is 9.59 Å². The van der Waals surface area contributed by atoms with Crippen molar-refractivity contribution in [3.8, 4) is 0 Å². The maximum Gasteiger partial charge on any atom is 0.255 e. The fraction of sp³-hybridized carbons (Fsp3) is 0.462. The molecule has 0 aliphatic carbocycles. The average Bonchev–Trinajstić information content (AvgIpc) is 2.80. The van der Waals surface area contributed by atoms with Crippen molar-refractivity contribution in [3.63, 3.8) is 0 Å². The van der Waals surface area contributed by atoms with Gasteiger partial charge in [-0.2, -0.15) is 0 Å². The summed E-state index contributed by atoms with van der Waals surface area (Å²) in [6.07, 6.45) is 4.97. The topological polar surface area (TPSA) is 62.3 Å². The lowest BCUT2D eigenvalue weighted by Gasteiger charge is -2.35. The van der Waals surface area contributed by atoms with E-state index in [2.05, 4.69) is 26.2 Å². The van der Waals surface area contributed by atoms with Crippen molar-refractivity contribution in [2.24, 2.45) is 5.92 Å². The lowest BCUT2D eigenvalue weighted by molar-refractivity contribution is -0.123. The molecule has 3 rings (SSSR count). The third-order valence-corrected chi connectivity index (χ3v) is 4.25. The lowest BCUT2D eigenvalue weighted by Crippen LogP contribution is -2.48. The van der Waals surface area contributed by atoms with Crippen molar-refractivity contribution in [3.05, 3.63) is 28.5 Å². The van der Waals surface area contributed by atoms with E-state index in [9.17, 15) is 9.59 Å². The van der Waals surface area contributed by atoms with E-state index < -0.39 is 0 Å². The maximum absolute atomic E-state index is 12.5. The number of carbonyl (C=O) groups excluding carboxylic acids is 2. The predicted molar refractivity (Wildman–Crippen MR) is 72.5 cm³/mol. The third-order valence-electron chi connectivity index (χ3n) is 3.81. The molecule has 0 saturated carbocycles. The summed E-state index contributed by atoms with van der Waals surface area (Å²) in [5, 5.41) is 2.85. The van der Waals surface area contributed by atoms with Gasteiger partial charge in [-0.3, -0.25) is 14.6 Å². The van der Waals surface area contributed by atoms with Crippen LogP contribution in [0.25, 0.3) is 0 Å². The van der Waals surface area contributed by atoms with Gasteiger partial charge in [0.25, 0.3) is 5.91 Å². The molecule has 2 fully saturated rings. The molecule has 0 aromatic carbocycles. The number of nitrogens with zero attached hydrogens (tertiary/aromatic N) is 2. The summed E-state index contributed by atoms with van der Waals surface area (Å²) in [7, 11) is 0. The molecule has 2 atom stereocenters. The van der Waals surface area contributed by atoms with Gasteiger partial charge in [0, 0.05) is 30.0 Å². The van der Waals surface area contributed by atoms with Gasteiger partial charge in [-0.1, -0.05) is 0 Å². The average molecular weight is 324 g/mol. The monoisotopic (exact) mass is 323 g/mol. The molecular formula is C13H14BrN3O2. The Labute approximate surface area is 119 Å². The number of carbonyl (C=O) groups is 2. The smallest absolute Gasteiger partial charge is 0.255 e. The van der Waals surface area contributed by atoms with Gasteiger partial charge in [-0.25, -0.2) is 0 Å². The molecule has 2 saturated heterocycles. The summed E-state index contributed by atoms with van der Waals surface area (Å²) in [5.74, 6) is -0.00678. The number of halogens is 1. The van der Waals surface area contributed by atoms with Crippen LogP contribution in [0.4, 0.5) is 0 Å². The maximum atomic E-state index is 12.5. The van der Waals surface area contributed by atoms with E-state index in [0.29, 0.717) is 18.7 Å². The van der Waals surface area contributed by atoms with E-state index in [-0.39, 0.29) is 23.8 Å². The van der Waals surface area contributed by atoms with E-state index in [1.54, 1.807) is 18.5 Å². The number of pyridine rings is 1. The zero-order valence-electron chi connectivity index (χ0n) is 10.3. The molecule has 6 heteroatoms. The highest BCUT2D eigenvalue weighted by Crippen LogP contribution is 2.28. The minimum absolute atomic E-state index is 0.00673. The van der Waals surface area contributed by atoms with Crippen molar-refractivity contribution in [1.82, 2.24) is 15.2 Å². The molecule has 19 heavy (non-hydrogen) atoms. The first kappa shape index (κ1) is 12.6. The quantitative estimate of drug-likeness (QED) is 0.844. The molecule has 1 aromatic heterocycles. The Morgan fingerprint density at radius 3 is 3.11 bits per heavy atom. The first-order valence-corrected chi connectivity index (χ1v) is 7.15. The van der Waals surface area contributed by atoms with Crippen LogP contribution >= 0.6 is 15.9 Å². The summed E-state index contributed by atoms with van der Waals surface area (Å²) in [6, 6.07) is 1.76. The van der Waals surface area contributed by atoms with Crippen LogP contribution in [0.15, 0.2) is 22.9 Å². The second kappa shape index (κ2) is 4.92. The Balaban J connectivity index is 1.85. The molecular weight excluding hydrogens is 310 g/mol. The molecule has 2 aliphatic rings. The summed E-state index contributed by atoms with van der Waals surface area (Å²) in [4.78, 5) is 30.1. The zero-order valence-corrected chi connectivity index (χ0v) is 11.9. The standard InChI is InChI=1S/C13H14BrN3O2/c14-9-4-8(5-15-6-9)13(19)17-3-1-2-10-11(17)7-16-12(10)18/h4-6,10-11H,1-3,7H2,(H,16,18). The van der Waals surface area contributed by atoms with Gasteiger partial charge in [0.15, 0.2) is 0 Å². The van der Waals surface area contributed by atoms with Gasteiger partial charge in [-0.05, 0) is 34.8 Å². The first-order valence-electron chi connectivity index (χ1n) is 6.36. The van der Waals surface area contributed by atoms with E-state index in [1.807, 2.05) is 4.90 Å². The molecule has 2 unspecified atom stereocenters. The number of fused-ring (bicyclic) bond motifs is 1. The molecule has 2 amide bonds. The molecule has 100 valence electrons. The number of amides is 2. The summed E-state index contributed by atoms with van der Waals surface area (Å²) < 4.78 is 0.785. The van der Waals surface area contributed by atoms with Crippen molar-refractivity contribution >= 4 is 27.7 Å². The summed E-state index contributed by atoms with van der Waals surface area (Å²) >= 11 is 3.32. The first-order chi connectivity index (χ1) is 9.16. The Kier molecular flexibility index (Phi) is 3.26. The molecule has 0 spiro atoms. The third kappa shape index (κ3) is 2.25. The van der Waals surface area contributed by atoms with Crippen molar-refractivity contribution in [2.45, 2.75) is 18.9 Å². The zero-order chi connectivity index (χ0) is 13.4. The van der Waals surface area contributed by atoms with E-state index >= 15 is 0 Å². The second-order valence-corrected chi connectivity index (χ2v) is 5.87. The number of hydrogen-bond acceptors (Lipinski definition) is 3. The Hall–Kier alpha value is -1.43. The largest absolute Gasteiger partial charge is 0.354 e. The van der Waals surface area contributed by atoms with Crippen LogP contribution in [-0.4, -0.2) is 40.8 Å². The number of hydrogen-bond donors (Lipinski definition) is 1. The van der Waals surface area contributed by atoms with Crippen LogP contribution in [0.3, 0.4) is 0 Å². The lowest BCUT2D eigenvalue weighted by atomic mass is 9.91. The molecule has 0 bridgehead atoms. The SMILES string of the molecule is O=C1NCC2C1CCCN2C(=O)c1cncc(Br)c1. The fourth-order valence-electron chi connectivity index (χ4n) is 2.90. The van der Waals surface area contributed by atoms with Gasteiger partial charge >= 0.3 is 0 Å². The fourth-order valence-corrected chi connectivity index (χ4v) is 3.26. The Bertz CT molecular complexity index is 534. The van der Waals surface area contributed by atoms with Gasteiger partial charge < -0.3 is 10.2 Å². The highest BCUT2D eigenvalue weighted by molar-refractivity contribution is 9.10. The minimum Gasteiger partial charge on any atom is -0.354 e. The number of likely N-dealkylation sites (tertiary alicyclic amines) is 1. The summed E-state index contributed by atoms with van der Waals surface area (Å²) in [5.41, 5.74) is 0.564. The van der Waals surface area contributed by atoms with Crippen LogP contribution in [0, 0.1) is 5.92 Å². The van der Waals surface area contributed by atoms with Crippen LogP contribution in [-0.2, 0) is 4.79 Å². The van der Waals surface area contributed by atoms with Gasteiger partial charge in [0.2, 0.25) is 5.91 Å². The molecule has 3 heterocycles. The van der Waals surface area contributed by atoms with E-state index in [4.69, 9.17) is 0 Å². The number of nitrogens with one attached hydrogen (secondary N) is 1. The number of rotatable bonds is 1. The van der Waals surface area contributed by atoms with Crippen LogP contribution in [0.2, 0.25) is 0 Å². The Morgan fingerprint density at radius 1 is 1.47 bits per heavy atom. The molecule has 1 N–H and O–H groups in total. The van der Waals surface area contributed by atoms with Gasteiger partial charge in [0.05, 0.1) is 17.5 Å². The molecule has 2 aliphatic heterocycles. The minimum atomic E-state index is -0.0437. The predicted octanol–water partition coefficient (Wildman–Crippen LogP) is 1.19. The van der Waals surface area contributed by atoms with Crippen LogP contribution < -0.4 is 5.32 Å². The summed E-state index contributed by atoms with van der Waals surface area (Å²) in [6.45, 7) is 1.28. The highest BCUT2D eigenvalue weighted by atomic mass is 79.9. The van der Waals surface area contributed by atoms with E-state index in [1.165, 1.54) is 0 Å². The van der Waals surface area contributed by atoms with Crippen molar-refractivity contribution in [2.75, 3.05) is 13.1 Å². The molecule has 1 aromatic rings. The number of aromatic nitrogens is 1. The van der Waals surface area contributed by atoms with Crippen LogP contribution in [0.1, 0.15) is 23.2 Å². The van der Waals surface area contributed by atoms with Gasteiger partial charge in [-0.15, -0.1) is 0 Å². The highest BCUT2D eigenvalue weighted by Gasteiger charge is 2.42. The van der Waals surface area contributed by atoms with Gasteiger partial charge in [0.1, 0.15) is 0 Å².